The number of hydrogen-bond donors (Lipinski definition) is 1. The molecule has 0 spiro atoms. The standard InChI is InChI=1S/C11H18BrNO3S/c1-11(9-14)8-13-6-4-10(11)17(15,16)7-3-2-5-12/h4,6,14H,2-3,5,7-9H2,1H3. The molecule has 1 heterocycles. The Morgan fingerprint density at radius 1 is 1.53 bits per heavy atom. The van der Waals surface area contributed by atoms with E-state index in [0.29, 0.717) is 17.9 Å². The van der Waals surface area contributed by atoms with E-state index < -0.39 is 15.3 Å². The van der Waals surface area contributed by atoms with Crippen molar-refractivity contribution in [2.75, 3.05) is 24.2 Å². The second kappa shape index (κ2) is 6.11. The second-order valence-corrected chi connectivity index (χ2v) is 7.32. The molecule has 1 atom stereocenters. The van der Waals surface area contributed by atoms with Crippen LogP contribution in [-0.4, -0.2) is 44.0 Å². The van der Waals surface area contributed by atoms with Gasteiger partial charge < -0.3 is 5.11 Å². The fraction of sp³-hybridized carbons (Fsp3) is 0.727. The van der Waals surface area contributed by atoms with Crippen LogP contribution < -0.4 is 0 Å². The summed E-state index contributed by atoms with van der Waals surface area (Å²) in [6.07, 6.45) is 4.48. The molecule has 1 rings (SSSR count). The zero-order chi connectivity index (χ0) is 12.9. The van der Waals surface area contributed by atoms with Gasteiger partial charge in [-0.15, -0.1) is 0 Å². The van der Waals surface area contributed by atoms with E-state index in [1.165, 1.54) is 12.3 Å². The highest BCUT2D eigenvalue weighted by atomic mass is 79.9. The van der Waals surface area contributed by atoms with Crippen LogP contribution in [0.25, 0.3) is 0 Å². The van der Waals surface area contributed by atoms with Crippen LogP contribution in [0.15, 0.2) is 16.0 Å². The minimum Gasteiger partial charge on any atom is -0.395 e. The van der Waals surface area contributed by atoms with Crippen LogP contribution in [0.4, 0.5) is 0 Å². The van der Waals surface area contributed by atoms with E-state index in [1.807, 2.05) is 0 Å². The maximum absolute atomic E-state index is 12.2. The van der Waals surface area contributed by atoms with E-state index in [9.17, 15) is 13.5 Å². The molecule has 0 aromatic carbocycles. The highest BCUT2D eigenvalue weighted by molar-refractivity contribution is 9.09. The molecule has 0 saturated carbocycles. The Morgan fingerprint density at radius 3 is 2.82 bits per heavy atom. The van der Waals surface area contributed by atoms with Gasteiger partial charge in [0.25, 0.3) is 0 Å². The van der Waals surface area contributed by atoms with Crippen molar-refractivity contribution in [1.29, 1.82) is 0 Å². The smallest absolute Gasteiger partial charge is 0.175 e. The summed E-state index contributed by atoms with van der Waals surface area (Å²) in [6, 6.07) is 0. The lowest BCUT2D eigenvalue weighted by atomic mass is 9.90. The first-order valence-electron chi connectivity index (χ1n) is 5.56. The van der Waals surface area contributed by atoms with Crippen LogP contribution >= 0.6 is 15.9 Å². The van der Waals surface area contributed by atoms with Crippen LogP contribution in [0, 0.1) is 5.41 Å². The number of dihydropyridines is 1. The average Bonchev–Trinajstić information content (AvgIpc) is 2.29. The lowest BCUT2D eigenvalue weighted by molar-refractivity contribution is 0.186. The van der Waals surface area contributed by atoms with Gasteiger partial charge >= 0.3 is 0 Å². The van der Waals surface area contributed by atoms with E-state index >= 15 is 0 Å². The summed E-state index contributed by atoms with van der Waals surface area (Å²) in [6.45, 7) is 1.86. The number of aliphatic hydroxyl groups is 1. The van der Waals surface area contributed by atoms with Crippen molar-refractivity contribution < 1.29 is 13.5 Å². The molecule has 1 unspecified atom stereocenters. The van der Waals surface area contributed by atoms with Crippen LogP contribution in [0.1, 0.15) is 19.8 Å². The summed E-state index contributed by atoms with van der Waals surface area (Å²) >= 11 is 3.28. The minimum absolute atomic E-state index is 0.133. The average molecular weight is 324 g/mol. The summed E-state index contributed by atoms with van der Waals surface area (Å²) in [7, 11) is -3.29. The molecule has 0 aliphatic carbocycles. The van der Waals surface area contributed by atoms with Gasteiger partial charge in [0.2, 0.25) is 0 Å². The molecule has 0 aromatic heterocycles. The number of alkyl halides is 1. The van der Waals surface area contributed by atoms with E-state index in [4.69, 9.17) is 0 Å². The predicted octanol–water partition coefficient (Wildman–Crippen LogP) is 1.54. The van der Waals surface area contributed by atoms with Crippen LogP contribution in [0.2, 0.25) is 0 Å². The molecule has 0 bridgehead atoms. The van der Waals surface area contributed by atoms with Gasteiger partial charge in [0.1, 0.15) is 0 Å². The number of halogens is 1. The summed E-state index contributed by atoms with van der Waals surface area (Å²) in [5.74, 6) is 0.133. The Balaban J connectivity index is 2.88. The van der Waals surface area contributed by atoms with Crippen molar-refractivity contribution in [2.45, 2.75) is 19.8 Å². The van der Waals surface area contributed by atoms with Gasteiger partial charge in [0, 0.05) is 17.0 Å². The molecule has 0 saturated heterocycles. The van der Waals surface area contributed by atoms with Crippen molar-refractivity contribution in [1.82, 2.24) is 0 Å². The molecule has 17 heavy (non-hydrogen) atoms. The van der Waals surface area contributed by atoms with Gasteiger partial charge in [-0.25, -0.2) is 8.42 Å². The quantitative estimate of drug-likeness (QED) is 0.595. The normalized spacial score (nSPS) is 24.8. The molecular weight excluding hydrogens is 306 g/mol. The number of allylic oxidation sites excluding steroid dienone is 1. The van der Waals surface area contributed by atoms with Gasteiger partial charge in [0.05, 0.1) is 23.8 Å². The van der Waals surface area contributed by atoms with E-state index in [-0.39, 0.29) is 12.4 Å². The number of aliphatic hydroxyl groups excluding tert-OH is 1. The Kier molecular flexibility index (Phi) is 5.34. The van der Waals surface area contributed by atoms with Crippen LogP contribution in [-0.2, 0) is 9.84 Å². The van der Waals surface area contributed by atoms with Gasteiger partial charge in [-0.1, -0.05) is 22.9 Å². The van der Waals surface area contributed by atoms with Gasteiger partial charge in [-0.2, -0.15) is 0 Å². The highest BCUT2D eigenvalue weighted by Crippen LogP contribution is 2.33. The van der Waals surface area contributed by atoms with Crippen molar-refractivity contribution >= 4 is 32.0 Å². The molecule has 4 nitrogen and oxygen atoms in total. The Hall–Kier alpha value is -0.200. The molecular formula is C11H18BrNO3S. The number of unbranched alkanes of at least 4 members (excludes halogenated alkanes) is 1. The third-order valence-corrected chi connectivity index (χ3v) is 5.53. The number of sulfone groups is 1. The van der Waals surface area contributed by atoms with Crippen molar-refractivity contribution in [3.8, 4) is 0 Å². The van der Waals surface area contributed by atoms with Gasteiger partial charge in [-0.05, 0) is 18.9 Å². The first-order valence-corrected chi connectivity index (χ1v) is 8.34. The first-order chi connectivity index (χ1) is 7.96. The summed E-state index contributed by atoms with van der Waals surface area (Å²) < 4.78 is 24.4. The van der Waals surface area contributed by atoms with E-state index in [0.717, 1.165) is 11.8 Å². The summed E-state index contributed by atoms with van der Waals surface area (Å²) in [5, 5.41) is 10.2. The predicted molar refractivity (Wildman–Crippen MR) is 73.4 cm³/mol. The zero-order valence-corrected chi connectivity index (χ0v) is 12.3. The lowest BCUT2D eigenvalue weighted by Crippen LogP contribution is -2.34. The third kappa shape index (κ3) is 3.63. The third-order valence-electron chi connectivity index (χ3n) is 2.85. The molecule has 0 amide bonds. The van der Waals surface area contributed by atoms with E-state index in [2.05, 4.69) is 20.9 Å². The van der Waals surface area contributed by atoms with Crippen molar-refractivity contribution in [3.63, 3.8) is 0 Å². The van der Waals surface area contributed by atoms with Crippen LogP contribution in [0.5, 0.6) is 0 Å². The second-order valence-electron chi connectivity index (χ2n) is 4.45. The zero-order valence-electron chi connectivity index (χ0n) is 9.89. The maximum Gasteiger partial charge on any atom is 0.175 e. The maximum atomic E-state index is 12.2. The fourth-order valence-electron chi connectivity index (χ4n) is 1.76. The number of rotatable bonds is 6. The van der Waals surface area contributed by atoms with Gasteiger partial charge in [-0.3, -0.25) is 4.99 Å². The molecule has 1 aliphatic heterocycles. The molecule has 98 valence electrons. The first kappa shape index (κ1) is 14.9. The van der Waals surface area contributed by atoms with Crippen LogP contribution in [0.3, 0.4) is 0 Å². The largest absolute Gasteiger partial charge is 0.395 e. The number of nitrogens with zero attached hydrogens (tertiary/aromatic N) is 1. The molecule has 1 N–H and O–H groups in total. The minimum atomic E-state index is -3.29. The topological polar surface area (TPSA) is 66.7 Å². The molecule has 0 aromatic rings. The molecule has 1 aliphatic rings. The SMILES string of the molecule is CC1(CO)CN=CC=C1S(=O)(=O)CCCCBr. The highest BCUT2D eigenvalue weighted by Gasteiger charge is 2.37. The van der Waals surface area contributed by atoms with E-state index in [1.54, 1.807) is 6.92 Å². The number of hydrogen-bond acceptors (Lipinski definition) is 4. The van der Waals surface area contributed by atoms with Crippen molar-refractivity contribution in [2.24, 2.45) is 10.4 Å². The van der Waals surface area contributed by atoms with Crippen molar-refractivity contribution in [3.05, 3.63) is 11.0 Å². The number of aliphatic imine (C=N–C) groups is 1. The lowest BCUT2D eigenvalue weighted by Gasteiger charge is -2.30. The molecule has 6 heteroatoms. The molecule has 0 fully saturated rings. The Morgan fingerprint density at radius 2 is 2.24 bits per heavy atom. The van der Waals surface area contributed by atoms with Gasteiger partial charge in [0.15, 0.2) is 9.84 Å². The molecule has 0 radical (unpaired) electrons. The monoisotopic (exact) mass is 323 g/mol. The fourth-order valence-corrected chi connectivity index (χ4v) is 4.11. The Labute approximate surface area is 111 Å². The Bertz CT molecular complexity index is 416. The summed E-state index contributed by atoms with van der Waals surface area (Å²) in [4.78, 5) is 4.34. The summed E-state index contributed by atoms with van der Waals surface area (Å²) in [5.41, 5.74) is -0.762.